The maximum Gasteiger partial charge on any atom is 0.207 e. The molecule has 1 heterocycles. The molecule has 2 aromatic rings. The molecule has 1 aliphatic rings. The van der Waals surface area contributed by atoms with Crippen LogP contribution in [0.4, 0.5) is 0 Å². The minimum absolute atomic E-state index is 0.0163. The summed E-state index contributed by atoms with van der Waals surface area (Å²) in [6.07, 6.45) is 0. The Balaban J connectivity index is 2.38. The van der Waals surface area contributed by atoms with E-state index < -0.39 is 5.92 Å². The van der Waals surface area contributed by atoms with Crippen molar-refractivity contribution >= 4 is 0 Å². The van der Waals surface area contributed by atoms with Gasteiger partial charge in [0.1, 0.15) is 23.1 Å². The summed E-state index contributed by atoms with van der Waals surface area (Å²) >= 11 is 0. The predicted molar refractivity (Wildman–Crippen MR) is 100 cm³/mol. The molecule has 1 atom stereocenters. The molecule has 0 spiro atoms. The van der Waals surface area contributed by atoms with Crippen molar-refractivity contribution in [2.24, 2.45) is 5.73 Å². The molecule has 8 heteroatoms. The molecule has 0 bridgehead atoms. The predicted octanol–water partition coefficient (Wildman–Crippen LogP) is 2.64. The Labute approximate surface area is 162 Å². The van der Waals surface area contributed by atoms with E-state index >= 15 is 0 Å². The first kappa shape index (κ1) is 19.0. The van der Waals surface area contributed by atoms with Crippen LogP contribution in [0.5, 0.6) is 34.5 Å². The molecule has 0 fully saturated rings. The molecule has 1 aliphatic heterocycles. The lowest BCUT2D eigenvalue weighted by atomic mass is 9.82. The quantitative estimate of drug-likeness (QED) is 0.808. The number of methoxy groups -OCH3 is 4. The van der Waals surface area contributed by atoms with Crippen molar-refractivity contribution in [3.63, 3.8) is 0 Å². The van der Waals surface area contributed by atoms with Gasteiger partial charge in [0.2, 0.25) is 17.4 Å². The number of aromatic hydroxyl groups is 1. The Bertz CT molecular complexity index is 993. The zero-order valence-corrected chi connectivity index (χ0v) is 15.9. The Hall–Kier alpha value is -3.73. The van der Waals surface area contributed by atoms with Crippen molar-refractivity contribution in [2.45, 2.75) is 5.92 Å². The number of ether oxygens (including phenoxy) is 5. The number of hydrogen-bond donors (Lipinski definition) is 2. The van der Waals surface area contributed by atoms with E-state index in [0.717, 1.165) is 0 Å². The lowest BCUT2D eigenvalue weighted by molar-refractivity contribution is 0.303. The summed E-state index contributed by atoms with van der Waals surface area (Å²) in [4.78, 5) is 0. The standard InChI is InChI=1S/C20H20N2O6/c1-24-15-8-12(17(25-2)19(27-4)18(15)26-3)16-11-6-5-10(23)7-14(11)28-20(22)13(16)9-21/h5-8,16,23H,22H2,1-4H3. The van der Waals surface area contributed by atoms with E-state index in [1.165, 1.54) is 40.6 Å². The summed E-state index contributed by atoms with van der Waals surface area (Å²) in [7, 11) is 5.96. The zero-order valence-electron chi connectivity index (χ0n) is 15.9. The normalized spacial score (nSPS) is 15.2. The molecule has 3 N–H and O–H groups in total. The minimum Gasteiger partial charge on any atom is -0.508 e. The van der Waals surface area contributed by atoms with E-state index in [1.54, 1.807) is 12.1 Å². The van der Waals surface area contributed by atoms with Crippen molar-refractivity contribution in [3.05, 3.63) is 46.8 Å². The third-order valence-corrected chi connectivity index (χ3v) is 4.53. The zero-order chi connectivity index (χ0) is 20.4. The van der Waals surface area contributed by atoms with Crippen molar-refractivity contribution in [1.29, 1.82) is 5.26 Å². The Morgan fingerprint density at radius 2 is 1.64 bits per heavy atom. The number of nitrogens with two attached hydrogens (primary N) is 1. The lowest BCUT2D eigenvalue weighted by Gasteiger charge is -2.28. The van der Waals surface area contributed by atoms with Gasteiger partial charge in [-0.1, -0.05) is 6.07 Å². The van der Waals surface area contributed by atoms with E-state index in [-0.39, 0.29) is 17.2 Å². The first-order valence-corrected chi connectivity index (χ1v) is 8.28. The Morgan fingerprint density at radius 3 is 2.21 bits per heavy atom. The highest BCUT2D eigenvalue weighted by Crippen LogP contribution is 2.53. The molecule has 0 saturated carbocycles. The number of nitriles is 1. The average molecular weight is 384 g/mol. The van der Waals surface area contributed by atoms with Crippen molar-refractivity contribution < 1.29 is 28.8 Å². The van der Waals surface area contributed by atoms with Gasteiger partial charge in [0.25, 0.3) is 0 Å². The van der Waals surface area contributed by atoms with Crippen LogP contribution < -0.4 is 29.4 Å². The van der Waals surface area contributed by atoms with Gasteiger partial charge in [-0.25, -0.2) is 0 Å². The van der Waals surface area contributed by atoms with Crippen LogP contribution >= 0.6 is 0 Å². The molecule has 146 valence electrons. The van der Waals surface area contributed by atoms with Gasteiger partial charge in [-0.3, -0.25) is 0 Å². The fourth-order valence-corrected chi connectivity index (χ4v) is 3.34. The van der Waals surface area contributed by atoms with Crippen molar-refractivity contribution in [3.8, 4) is 40.6 Å². The third kappa shape index (κ3) is 2.87. The number of allylic oxidation sites excluding steroid dienone is 1. The molecule has 0 aliphatic carbocycles. The fourth-order valence-electron chi connectivity index (χ4n) is 3.34. The van der Waals surface area contributed by atoms with Gasteiger partial charge in [0.05, 0.1) is 34.4 Å². The molecule has 0 amide bonds. The molecular weight excluding hydrogens is 364 g/mol. The molecule has 0 saturated heterocycles. The SMILES string of the molecule is COc1cc(C2C(C#N)=C(N)Oc3cc(O)ccc32)c(OC)c(OC)c1OC. The average Bonchev–Trinajstić information content (AvgIpc) is 2.70. The Morgan fingerprint density at radius 1 is 0.964 bits per heavy atom. The first-order valence-electron chi connectivity index (χ1n) is 8.28. The molecule has 0 radical (unpaired) electrons. The molecule has 1 unspecified atom stereocenters. The van der Waals surface area contributed by atoms with E-state index in [1.807, 2.05) is 0 Å². The van der Waals surface area contributed by atoms with Gasteiger partial charge in [0.15, 0.2) is 11.5 Å². The maximum atomic E-state index is 9.80. The van der Waals surface area contributed by atoms with Gasteiger partial charge in [-0.05, 0) is 12.1 Å². The lowest BCUT2D eigenvalue weighted by Crippen LogP contribution is -2.21. The number of hydrogen-bond acceptors (Lipinski definition) is 8. The largest absolute Gasteiger partial charge is 0.508 e. The molecule has 28 heavy (non-hydrogen) atoms. The smallest absolute Gasteiger partial charge is 0.207 e. The van der Waals surface area contributed by atoms with Crippen LogP contribution in [0.15, 0.2) is 35.7 Å². The molecule has 3 rings (SSSR count). The number of phenolic OH excluding ortho intramolecular Hbond substituents is 1. The highest BCUT2D eigenvalue weighted by Gasteiger charge is 2.35. The summed E-state index contributed by atoms with van der Waals surface area (Å²) in [6, 6.07) is 8.43. The van der Waals surface area contributed by atoms with Gasteiger partial charge in [-0.2, -0.15) is 5.26 Å². The molecular formula is C20H20N2O6. The summed E-state index contributed by atoms with van der Waals surface area (Å²) < 4.78 is 27.5. The second kappa shape index (κ2) is 7.48. The number of phenols is 1. The van der Waals surface area contributed by atoms with Crippen molar-refractivity contribution in [1.82, 2.24) is 0 Å². The summed E-state index contributed by atoms with van der Waals surface area (Å²) in [5.41, 5.74) is 7.41. The topological polar surface area (TPSA) is 116 Å². The molecule has 8 nitrogen and oxygen atoms in total. The van der Waals surface area contributed by atoms with Crippen LogP contribution in [-0.4, -0.2) is 33.5 Å². The summed E-state index contributed by atoms with van der Waals surface area (Å²) in [6.45, 7) is 0. The molecule has 0 aromatic heterocycles. The van der Waals surface area contributed by atoms with Crippen molar-refractivity contribution in [2.75, 3.05) is 28.4 Å². The summed E-state index contributed by atoms with van der Waals surface area (Å²) in [5.74, 6) is 1.13. The number of nitrogens with zero attached hydrogens (tertiary/aromatic N) is 1. The Kier molecular flexibility index (Phi) is 5.09. The van der Waals surface area contributed by atoms with Gasteiger partial charge >= 0.3 is 0 Å². The fraction of sp³-hybridized carbons (Fsp3) is 0.250. The number of fused-ring (bicyclic) bond motifs is 1. The van der Waals surface area contributed by atoms with Crippen LogP contribution in [0.25, 0.3) is 0 Å². The van der Waals surface area contributed by atoms with Crippen LogP contribution in [0.2, 0.25) is 0 Å². The van der Waals surface area contributed by atoms with E-state index in [0.29, 0.717) is 39.9 Å². The maximum absolute atomic E-state index is 9.80. The van der Waals surface area contributed by atoms with Crippen LogP contribution in [0, 0.1) is 11.3 Å². The van der Waals surface area contributed by atoms with Crippen LogP contribution in [-0.2, 0) is 0 Å². The van der Waals surface area contributed by atoms with E-state index in [2.05, 4.69) is 6.07 Å². The molecule has 2 aromatic carbocycles. The highest BCUT2D eigenvalue weighted by atomic mass is 16.5. The summed E-state index contributed by atoms with van der Waals surface area (Å²) in [5, 5.41) is 19.6. The highest BCUT2D eigenvalue weighted by molar-refractivity contribution is 5.68. The first-order chi connectivity index (χ1) is 13.5. The second-order valence-electron chi connectivity index (χ2n) is 5.91. The van der Waals surface area contributed by atoms with E-state index in [9.17, 15) is 10.4 Å². The van der Waals surface area contributed by atoms with Gasteiger partial charge in [0, 0.05) is 17.2 Å². The monoisotopic (exact) mass is 384 g/mol. The van der Waals surface area contributed by atoms with Crippen LogP contribution in [0.3, 0.4) is 0 Å². The van der Waals surface area contributed by atoms with Gasteiger partial charge in [-0.15, -0.1) is 0 Å². The van der Waals surface area contributed by atoms with Gasteiger partial charge < -0.3 is 34.5 Å². The number of benzene rings is 2. The number of rotatable bonds is 5. The minimum atomic E-state index is -0.627. The van der Waals surface area contributed by atoms with Crippen LogP contribution in [0.1, 0.15) is 17.0 Å². The second-order valence-corrected chi connectivity index (χ2v) is 5.91. The third-order valence-electron chi connectivity index (χ3n) is 4.53. The van der Waals surface area contributed by atoms with E-state index in [4.69, 9.17) is 29.4 Å².